The van der Waals surface area contributed by atoms with Crippen molar-refractivity contribution in [3.63, 3.8) is 0 Å². The first-order chi connectivity index (χ1) is 41.1. The van der Waals surface area contributed by atoms with Crippen molar-refractivity contribution in [2.75, 3.05) is 0 Å². The van der Waals surface area contributed by atoms with Crippen molar-refractivity contribution in [2.24, 2.45) is 0 Å². The molecule has 0 aliphatic carbocycles. The maximum atomic E-state index is 13.0. The van der Waals surface area contributed by atoms with E-state index in [-0.39, 0.29) is 0 Å². The standard InChI is InChI=1S/C74H37N5O3S/c75-38-52-64(51-24-15-23-47-43-19-7-14-31-63(43)83-74(47)51)73(79-56-27-10-3-18-42(56)46-34-37-62-67(71(46)79)50-22-6-13-30-59(50)82-62)72(78-55-26-9-2-17-41(55)45-33-36-61-66(70(45)78)49-21-5-12-29-58(49)81-61)53(39-76)68(52)77-54-25-8-1-16-40(54)44-32-35-60-65(69(44)77)48-20-4-11-28-57(48)80-60/h1-37H. The molecule has 12 aromatic carbocycles. The summed E-state index contributed by atoms with van der Waals surface area (Å²) in [6.07, 6.45) is 0. The molecule has 0 radical (unpaired) electrons. The fraction of sp³-hybridized carbons (Fsp3) is 0. The average Bonchev–Trinajstić information content (AvgIpc) is 2.61. The van der Waals surface area contributed by atoms with Crippen LogP contribution in [-0.4, -0.2) is 13.7 Å². The van der Waals surface area contributed by atoms with Gasteiger partial charge >= 0.3 is 0 Å². The molecule has 19 rings (SSSR count). The second-order valence-electron chi connectivity index (χ2n) is 21.5. The van der Waals surface area contributed by atoms with Crippen molar-refractivity contribution in [3.05, 3.63) is 236 Å². The van der Waals surface area contributed by atoms with Gasteiger partial charge in [-0.2, -0.15) is 10.5 Å². The molecule has 0 amide bonds. The molecule has 382 valence electrons. The van der Waals surface area contributed by atoms with Crippen molar-refractivity contribution >= 4 is 163 Å². The minimum atomic E-state index is 0.305. The monoisotopic (exact) mass is 1080 g/mol. The Morgan fingerprint density at radius 2 is 0.687 bits per heavy atom. The number of rotatable bonds is 4. The van der Waals surface area contributed by atoms with Crippen LogP contribution in [-0.2, 0) is 0 Å². The topological polar surface area (TPSA) is 102 Å². The Morgan fingerprint density at radius 3 is 1.16 bits per heavy atom. The van der Waals surface area contributed by atoms with E-state index >= 15 is 0 Å². The van der Waals surface area contributed by atoms with Crippen LogP contribution in [0.1, 0.15) is 11.1 Å². The third-order valence-electron chi connectivity index (χ3n) is 17.5. The maximum absolute atomic E-state index is 13.0. The molecule has 0 fully saturated rings. The van der Waals surface area contributed by atoms with Gasteiger partial charge in [0.1, 0.15) is 51.2 Å². The Labute approximate surface area is 473 Å². The molecule has 7 heterocycles. The zero-order chi connectivity index (χ0) is 54.3. The van der Waals surface area contributed by atoms with Crippen LogP contribution in [0, 0.1) is 22.7 Å². The largest absolute Gasteiger partial charge is 0.456 e. The summed E-state index contributed by atoms with van der Waals surface area (Å²) >= 11 is 1.72. The first-order valence-corrected chi connectivity index (χ1v) is 28.4. The second-order valence-corrected chi connectivity index (χ2v) is 22.6. The van der Waals surface area contributed by atoms with E-state index in [0.717, 1.165) is 146 Å². The normalized spacial score (nSPS) is 12.3. The van der Waals surface area contributed by atoms with E-state index in [4.69, 9.17) is 13.3 Å². The van der Waals surface area contributed by atoms with Gasteiger partial charge in [-0.1, -0.05) is 146 Å². The zero-order valence-corrected chi connectivity index (χ0v) is 44.5. The molecule has 7 aromatic heterocycles. The van der Waals surface area contributed by atoms with Gasteiger partial charge in [-0.15, -0.1) is 11.3 Å². The first kappa shape index (κ1) is 44.5. The van der Waals surface area contributed by atoms with E-state index < -0.39 is 0 Å². The molecule has 0 bridgehead atoms. The number of para-hydroxylation sites is 6. The van der Waals surface area contributed by atoms with E-state index in [9.17, 15) is 10.5 Å². The lowest BCUT2D eigenvalue weighted by molar-refractivity contribution is 0.668. The highest BCUT2D eigenvalue weighted by molar-refractivity contribution is 7.26. The van der Waals surface area contributed by atoms with E-state index in [1.165, 1.54) is 0 Å². The van der Waals surface area contributed by atoms with Gasteiger partial charge in [0, 0.05) is 79.8 Å². The number of nitrogens with zero attached hydrogens (tertiary/aromatic N) is 5. The molecule has 8 nitrogen and oxygen atoms in total. The van der Waals surface area contributed by atoms with Crippen molar-refractivity contribution in [3.8, 4) is 40.3 Å². The Kier molecular flexibility index (Phi) is 8.66. The Morgan fingerprint density at radius 1 is 0.301 bits per heavy atom. The molecule has 83 heavy (non-hydrogen) atoms. The molecule has 0 aliphatic rings. The third kappa shape index (κ3) is 5.65. The van der Waals surface area contributed by atoms with Crippen LogP contribution in [0.15, 0.2) is 238 Å². The fourth-order valence-electron chi connectivity index (χ4n) is 14.3. The van der Waals surface area contributed by atoms with Gasteiger partial charge in [0.05, 0.1) is 71.9 Å². The summed E-state index contributed by atoms with van der Waals surface area (Å²) in [5.41, 5.74) is 13.5. The van der Waals surface area contributed by atoms with Crippen LogP contribution in [0.25, 0.3) is 180 Å². The van der Waals surface area contributed by atoms with Crippen LogP contribution >= 0.6 is 11.3 Å². The van der Waals surface area contributed by atoms with E-state index in [1.54, 1.807) is 11.3 Å². The van der Waals surface area contributed by atoms with Gasteiger partial charge in [0.2, 0.25) is 0 Å². The molecule has 0 aliphatic heterocycles. The minimum absolute atomic E-state index is 0.305. The zero-order valence-electron chi connectivity index (χ0n) is 43.7. The first-order valence-electron chi connectivity index (χ1n) is 27.6. The number of fused-ring (bicyclic) bond motifs is 24. The Bertz CT molecular complexity index is 6240. The maximum Gasteiger partial charge on any atom is 0.137 e. The summed E-state index contributed by atoms with van der Waals surface area (Å²) in [7, 11) is 0. The highest BCUT2D eigenvalue weighted by Crippen LogP contribution is 2.54. The van der Waals surface area contributed by atoms with Crippen LogP contribution in [0.4, 0.5) is 0 Å². The Hall–Kier alpha value is -11.4. The quantitative estimate of drug-likeness (QED) is 0.175. The molecular formula is C74H37N5O3S. The molecule has 9 heteroatoms. The molecular weight excluding hydrogens is 1040 g/mol. The van der Waals surface area contributed by atoms with Gasteiger partial charge in [-0.05, 0) is 78.9 Å². The summed E-state index contributed by atoms with van der Waals surface area (Å²) in [4.78, 5) is 0. The third-order valence-corrected chi connectivity index (χ3v) is 18.7. The number of hydrogen-bond donors (Lipinski definition) is 0. The van der Waals surface area contributed by atoms with Crippen molar-refractivity contribution in [1.82, 2.24) is 13.7 Å². The minimum Gasteiger partial charge on any atom is -0.456 e. The van der Waals surface area contributed by atoms with Crippen LogP contribution < -0.4 is 0 Å². The van der Waals surface area contributed by atoms with Gasteiger partial charge in [0.25, 0.3) is 0 Å². The highest BCUT2D eigenvalue weighted by atomic mass is 32.1. The SMILES string of the molecule is N#Cc1c(-c2cccc3c2sc2ccccc23)c(-n2c3ccccc3c3ccc4oc5ccccc5c4c32)c(-n2c3ccccc3c3ccc4oc5ccccc5c4c32)c(C#N)c1-n1c2ccccc2c2ccc3oc4ccccc4c3c21. The van der Waals surface area contributed by atoms with Gasteiger partial charge in [-0.25, -0.2) is 0 Å². The lowest BCUT2D eigenvalue weighted by Gasteiger charge is -2.27. The summed E-state index contributed by atoms with van der Waals surface area (Å²) in [5.74, 6) is 0. The van der Waals surface area contributed by atoms with Crippen molar-refractivity contribution < 1.29 is 13.3 Å². The average molecular weight is 1080 g/mol. The van der Waals surface area contributed by atoms with Gasteiger partial charge in [-0.3, -0.25) is 0 Å². The number of furan rings is 3. The summed E-state index contributed by atoms with van der Waals surface area (Å²) in [6, 6.07) is 83.5. The second kappa shape index (κ2) is 16.2. The van der Waals surface area contributed by atoms with Crippen LogP contribution in [0.2, 0.25) is 0 Å². The highest BCUT2D eigenvalue weighted by Gasteiger charge is 2.36. The predicted molar refractivity (Wildman–Crippen MR) is 339 cm³/mol. The van der Waals surface area contributed by atoms with E-state index in [1.807, 2.05) is 54.6 Å². The van der Waals surface area contributed by atoms with E-state index in [2.05, 4.69) is 196 Å². The molecule has 0 N–H and O–H groups in total. The fourth-order valence-corrected chi connectivity index (χ4v) is 15.5. The van der Waals surface area contributed by atoms with Gasteiger partial charge < -0.3 is 27.0 Å². The number of thiophene rings is 1. The van der Waals surface area contributed by atoms with Crippen LogP contribution in [0.5, 0.6) is 0 Å². The number of benzene rings is 12. The smallest absolute Gasteiger partial charge is 0.137 e. The number of nitriles is 2. The van der Waals surface area contributed by atoms with E-state index in [0.29, 0.717) is 44.9 Å². The molecule has 0 saturated heterocycles. The number of aromatic nitrogens is 3. The molecule has 0 saturated carbocycles. The molecule has 0 unspecified atom stereocenters. The molecule has 19 aromatic rings. The predicted octanol–water partition coefficient (Wildman–Crippen LogP) is 20.5. The lowest BCUT2D eigenvalue weighted by atomic mass is 9.90. The van der Waals surface area contributed by atoms with Crippen molar-refractivity contribution in [1.29, 1.82) is 10.5 Å². The summed E-state index contributed by atoms with van der Waals surface area (Å²) < 4.78 is 29.4. The Balaban J connectivity index is 1.16. The summed E-state index contributed by atoms with van der Waals surface area (Å²) in [5, 5.41) is 39.6. The summed E-state index contributed by atoms with van der Waals surface area (Å²) in [6.45, 7) is 0. The number of hydrogen-bond acceptors (Lipinski definition) is 6. The lowest BCUT2D eigenvalue weighted by Crippen LogP contribution is -2.14. The van der Waals surface area contributed by atoms with Crippen molar-refractivity contribution in [2.45, 2.75) is 0 Å². The molecule has 0 spiro atoms. The molecule has 0 atom stereocenters. The van der Waals surface area contributed by atoms with Gasteiger partial charge in [0.15, 0.2) is 0 Å². The van der Waals surface area contributed by atoms with Crippen LogP contribution in [0.3, 0.4) is 0 Å².